The molecular formula is C17H25NO3. The molecule has 1 atom stereocenters. The van der Waals surface area contributed by atoms with E-state index in [1.165, 1.54) is 0 Å². The Kier molecular flexibility index (Phi) is 5.01. The average Bonchev–Trinajstić information content (AvgIpc) is 2.92. The monoisotopic (exact) mass is 291 g/mol. The van der Waals surface area contributed by atoms with Crippen molar-refractivity contribution in [1.29, 1.82) is 0 Å². The number of carbonyl (C=O) groups excluding carboxylic acids is 1. The van der Waals surface area contributed by atoms with Gasteiger partial charge in [-0.15, -0.1) is 0 Å². The summed E-state index contributed by atoms with van der Waals surface area (Å²) in [6.07, 6.45) is 3.33. The van der Waals surface area contributed by atoms with Gasteiger partial charge in [0, 0.05) is 12.1 Å². The molecule has 1 aliphatic rings. The molecule has 116 valence electrons. The van der Waals surface area contributed by atoms with E-state index < -0.39 is 5.60 Å². The van der Waals surface area contributed by atoms with Crippen LogP contribution in [0, 0.1) is 0 Å². The smallest absolute Gasteiger partial charge is 0.254 e. The van der Waals surface area contributed by atoms with Gasteiger partial charge in [-0.3, -0.25) is 4.79 Å². The van der Waals surface area contributed by atoms with Crippen molar-refractivity contribution in [1.82, 2.24) is 4.90 Å². The molecule has 1 aliphatic heterocycles. The number of rotatable bonds is 5. The fraction of sp³-hybridized carbons (Fsp3) is 0.588. The van der Waals surface area contributed by atoms with Gasteiger partial charge in [-0.2, -0.15) is 0 Å². The molecule has 0 spiro atoms. The molecule has 4 nitrogen and oxygen atoms in total. The fourth-order valence-electron chi connectivity index (χ4n) is 2.72. The van der Waals surface area contributed by atoms with Crippen LogP contribution in [-0.2, 0) is 6.42 Å². The van der Waals surface area contributed by atoms with Crippen molar-refractivity contribution >= 4 is 5.91 Å². The van der Waals surface area contributed by atoms with Gasteiger partial charge >= 0.3 is 0 Å². The minimum absolute atomic E-state index is 0.000544. The molecule has 1 saturated heterocycles. The van der Waals surface area contributed by atoms with Gasteiger partial charge in [0.2, 0.25) is 0 Å². The highest BCUT2D eigenvalue weighted by Gasteiger charge is 2.28. The Morgan fingerprint density at radius 1 is 1.33 bits per heavy atom. The molecule has 2 N–H and O–H groups in total. The molecule has 1 fully saturated rings. The van der Waals surface area contributed by atoms with E-state index in [1.54, 1.807) is 18.7 Å². The summed E-state index contributed by atoms with van der Waals surface area (Å²) in [5.41, 5.74) is 1.12. The zero-order valence-corrected chi connectivity index (χ0v) is 12.9. The van der Waals surface area contributed by atoms with E-state index >= 15 is 0 Å². The lowest BCUT2D eigenvalue weighted by Crippen LogP contribution is -2.37. The first-order valence-electron chi connectivity index (χ1n) is 7.64. The van der Waals surface area contributed by atoms with Crippen LogP contribution >= 0.6 is 0 Å². The number of aliphatic hydroxyl groups excluding tert-OH is 1. The second-order valence-electron chi connectivity index (χ2n) is 6.49. The Hall–Kier alpha value is -1.39. The lowest BCUT2D eigenvalue weighted by Gasteiger charge is -2.23. The Morgan fingerprint density at radius 3 is 2.57 bits per heavy atom. The highest BCUT2D eigenvalue weighted by molar-refractivity contribution is 5.94. The summed E-state index contributed by atoms with van der Waals surface area (Å²) in [4.78, 5) is 14.2. The molecule has 4 heteroatoms. The summed E-state index contributed by atoms with van der Waals surface area (Å²) < 4.78 is 0. The second kappa shape index (κ2) is 6.58. The summed E-state index contributed by atoms with van der Waals surface area (Å²) in [5.74, 6) is 0.000544. The van der Waals surface area contributed by atoms with Gasteiger partial charge in [0.15, 0.2) is 0 Å². The zero-order valence-electron chi connectivity index (χ0n) is 12.9. The number of hydrogen-bond acceptors (Lipinski definition) is 3. The van der Waals surface area contributed by atoms with Crippen molar-refractivity contribution in [2.75, 3.05) is 13.2 Å². The summed E-state index contributed by atoms with van der Waals surface area (Å²) in [6, 6.07) is 7.54. The van der Waals surface area contributed by atoms with E-state index in [4.69, 9.17) is 0 Å². The lowest BCUT2D eigenvalue weighted by atomic mass is 9.98. The van der Waals surface area contributed by atoms with Crippen LogP contribution in [0.3, 0.4) is 0 Å². The summed E-state index contributed by atoms with van der Waals surface area (Å²) in [7, 11) is 0. The predicted octanol–water partition coefficient (Wildman–Crippen LogP) is 1.99. The van der Waals surface area contributed by atoms with Crippen molar-refractivity contribution in [2.24, 2.45) is 0 Å². The third-order valence-corrected chi connectivity index (χ3v) is 4.08. The molecule has 1 heterocycles. The van der Waals surface area contributed by atoms with E-state index in [-0.39, 0.29) is 18.6 Å². The molecule has 0 saturated carbocycles. The first kappa shape index (κ1) is 16.0. The molecule has 0 radical (unpaired) electrons. The van der Waals surface area contributed by atoms with Crippen molar-refractivity contribution in [3.05, 3.63) is 35.4 Å². The molecule has 1 amide bonds. The van der Waals surface area contributed by atoms with Crippen molar-refractivity contribution < 1.29 is 15.0 Å². The Morgan fingerprint density at radius 2 is 2.00 bits per heavy atom. The molecular weight excluding hydrogens is 266 g/mol. The van der Waals surface area contributed by atoms with Crippen molar-refractivity contribution in [3.63, 3.8) is 0 Å². The number of aliphatic hydroxyl groups is 2. The largest absolute Gasteiger partial charge is 0.394 e. The minimum Gasteiger partial charge on any atom is -0.394 e. The SMILES string of the molecule is CC(C)(O)CCc1ccc(C(=O)N2CCC[C@H]2CO)cc1. The molecule has 1 aromatic carbocycles. The highest BCUT2D eigenvalue weighted by atomic mass is 16.3. The Balaban J connectivity index is 2.00. The zero-order chi connectivity index (χ0) is 15.5. The van der Waals surface area contributed by atoms with E-state index in [0.29, 0.717) is 12.0 Å². The van der Waals surface area contributed by atoms with Gasteiger partial charge in [-0.25, -0.2) is 0 Å². The van der Waals surface area contributed by atoms with Crippen molar-refractivity contribution in [2.45, 2.75) is 51.2 Å². The number of benzene rings is 1. The van der Waals surface area contributed by atoms with Gasteiger partial charge in [-0.1, -0.05) is 12.1 Å². The molecule has 0 aliphatic carbocycles. The van der Waals surface area contributed by atoms with Crippen LogP contribution in [0.4, 0.5) is 0 Å². The number of likely N-dealkylation sites (tertiary alicyclic amines) is 1. The number of carbonyl (C=O) groups is 1. The highest BCUT2D eigenvalue weighted by Crippen LogP contribution is 2.20. The maximum atomic E-state index is 12.4. The van der Waals surface area contributed by atoms with Crippen LogP contribution in [-0.4, -0.2) is 45.8 Å². The van der Waals surface area contributed by atoms with Gasteiger partial charge in [0.1, 0.15) is 0 Å². The third kappa shape index (κ3) is 4.29. The van der Waals surface area contributed by atoms with Crippen LogP contribution in [0.5, 0.6) is 0 Å². The van der Waals surface area contributed by atoms with Gasteiger partial charge in [-0.05, 0) is 57.2 Å². The van der Waals surface area contributed by atoms with Crippen LogP contribution in [0.1, 0.15) is 49.0 Å². The maximum Gasteiger partial charge on any atom is 0.254 e. The van der Waals surface area contributed by atoms with Gasteiger partial charge in [0.05, 0.1) is 18.2 Å². The van der Waals surface area contributed by atoms with E-state index in [1.807, 2.05) is 24.3 Å². The van der Waals surface area contributed by atoms with E-state index in [0.717, 1.165) is 31.4 Å². The van der Waals surface area contributed by atoms with Crippen molar-refractivity contribution in [3.8, 4) is 0 Å². The number of hydrogen-bond donors (Lipinski definition) is 2. The maximum absolute atomic E-state index is 12.4. The molecule has 0 unspecified atom stereocenters. The summed E-state index contributed by atoms with van der Waals surface area (Å²) in [5, 5.41) is 19.0. The van der Waals surface area contributed by atoms with Gasteiger partial charge in [0.25, 0.3) is 5.91 Å². The normalized spacial score (nSPS) is 19.0. The first-order valence-corrected chi connectivity index (χ1v) is 7.64. The lowest BCUT2D eigenvalue weighted by molar-refractivity contribution is 0.0675. The standard InChI is InChI=1S/C17H25NO3/c1-17(2,21)10-9-13-5-7-14(8-6-13)16(20)18-11-3-4-15(18)12-19/h5-8,15,19,21H,3-4,9-12H2,1-2H3/t15-/m0/s1. The minimum atomic E-state index is -0.668. The predicted molar refractivity (Wildman–Crippen MR) is 82.2 cm³/mol. The molecule has 0 bridgehead atoms. The number of nitrogens with zero attached hydrogens (tertiary/aromatic N) is 1. The fourth-order valence-corrected chi connectivity index (χ4v) is 2.72. The van der Waals surface area contributed by atoms with Crippen LogP contribution in [0.25, 0.3) is 0 Å². The Labute approximate surface area is 126 Å². The molecule has 1 aromatic rings. The van der Waals surface area contributed by atoms with E-state index in [2.05, 4.69) is 0 Å². The number of amides is 1. The topological polar surface area (TPSA) is 60.8 Å². The average molecular weight is 291 g/mol. The molecule has 0 aromatic heterocycles. The second-order valence-corrected chi connectivity index (χ2v) is 6.49. The van der Waals surface area contributed by atoms with Crippen LogP contribution in [0.15, 0.2) is 24.3 Å². The molecule has 2 rings (SSSR count). The first-order chi connectivity index (χ1) is 9.90. The van der Waals surface area contributed by atoms with Gasteiger partial charge < -0.3 is 15.1 Å². The quantitative estimate of drug-likeness (QED) is 0.872. The number of aryl methyl sites for hydroxylation is 1. The van der Waals surface area contributed by atoms with Crippen LogP contribution in [0.2, 0.25) is 0 Å². The van der Waals surface area contributed by atoms with Crippen LogP contribution < -0.4 is 0 Å². The summed E-state index contributed by atoms with van der Waals surface area (Å²) >= 11 is 0. The Bertz CT molecular complexity index is 476. The molecule has 21 heavy (non-hydrogen) atoms. The third-order valence-electron chi connectivity index (χ3n) is 4.08. The summed E-state index contributed by atoms with van der Waals surface area (Å²) in [6.45, 7) is 4.36. The van der Waals surface area contributed by atoms with E-state index in [9.17, 15) is 15.0 Å².